The fraction of sp³-hybridized carbons (Fsp3) is 0.571. The molecule has 0 atom stereocenters. The van der Waals surface area contributed by atoms with Gasteiger partial charge in [0.05, 0.1) is 16.9 Å². The predicted octanol–water partition coefficient (Wildman–Crippen LogP) is 3.17. The number of rotatable bonds is 1. The van der Waals surface area contributed by atoms with Gasteiger partial charge in [0.1, 0.15) is 0 Å². The van der Waals surface area contributed by atoms with Crippen LogP contribution in [0.3, 0.4) is 0 Å². The molecule has 1 aliphatic heterocycles. The Morgan fingerprint density at radius 1 is 1.38 bits per heavy atom. The van der Waals surface area contributed by atoms with Crippen LogP contribution in [-0.4, -0.2) is 18.6 Å². The Balaban J connectivity index is 2.03. The molecule has 16 heavy (non-hydrogen) atoms. The lowest BCUT2D eigenvalue weighted by molar-refractivity contribution is 0.240. The van der Waals surface area contributed by atoms with Gasteiger partial charge in [-0.2, -0.15) is 0 Å². The molecule has 2 nitrogen and oxygen atoms in total. The first kappa shape index (κ1) is 10.0. The zero-order valence-corrected chi connectivity index (χ0v) is 10.2. The summed E-state index contributed by atoms with van der Waals surface area (Å²) in [6.45, 7) is 6.68. The van der Waals surface area contributed by atoms with Crippen molar-refractivity contribution in [3.05, 3.63) is 23.8 Å². The summed E-state index contributed by atoms with van der Waals surface area (Å²) in [5, 5.41) is 3.62. The number of fused-ring (bicyclic) bond motifs is 1. The van der Waals surface area contributed by atoms with Crippen LogP contribution in [0.15, 0.2) is 18.2 Å². The number of hydrogen-bond acceptors (Lipinski definition) is 2. The van der Waals surface area contributed by atoms with E-state index < -0.39 is 0 Å². The summed E-state index contributed by atoms with van der Waals surface area (Å²) < 4.78 is 0. The average molecular weight is 216 g/mol. The predicted molar refractivity (Wildman–Crippen MR) is 69.3 cm³/mol. The van der Waals surface area contributed by atoms with Crippen LogP contribution in [0.4, 0.5) is 11.4 Å². The lowest BCUT2D eigenvalue weighted by Gasteiger charge is -2.54. The average Bonchev–Trinajstić information content (AvgIpc) is 2.25. The monoisotopic (exact) mass is 216 g/mol. The molecular weight excluding hydrogens is 196 g/mol. The van der Waals surface area contributed by atoms with E-state index >= 15 is 0 Å². The molecule has 2 aliphatic rings. The molecule has 0 saturated heterocycles. The molecule has 1 saturated carbocycles. The second-order valence-corrected chi connectivity index (χ2v) is 5.20. The summed E-state index contributed by atoms with van der Waals surface area (Å²) in [5.74, 6) is 0. The highest BCUT2D eigenvalue weighted by molar-refractivity contribution is 5.75. The fourth-order valence-corrected chi connectivity index (χ4v) is 3.17. The lowest BCUT2D eigenvalue weighted by atomic mass is 9.73. The van der Waals surface area contributed by atoms with Crippen LogP contribution in [0.1, 0.15) is 31.7 Å². The minimum Gasteiger partial charge on any atom is -0.381 e. The van der Waals surface area contributed by atoms with Crippen LogP contribution in [0, 0.1) is 6.92 Å². The van der Waals surface area contributed by atoms with Gasteiger partial charge in [-0.25, -0.2) is 0 Å². The number of anilines is 2. The molecule has 1 fully saturated rings. The highest BCUT2D eigenvalue weighted by Crippen LogP contribution is 2.46. The first-order valence-corrected chi connectivity index (χ1v) is 6.37. The van der Waals surface area contributed by atoms with Crippen molar-refractivity contribution in [1.82, 2.24) is 0 Å². The maximum absolute atomic E-state index is 3.62. The van der Waals surface area contributed by atoms with Gasteiger partial charge in [0.15, 0.2) is 0 Å². The third kappa shape index (κ3) is 1.25. The molecule has 3 rings (SSSR count). The molecule has 1 aliphatic carbocycles. The molecular formula is C14H20N2. The van der Waals surface area contributed by atoms with Crippen molar-refractivity contribution < 1.29 is 0 Å². The van der Waals surface area contributed by atoms with Gasteiger partial charge in [0.25, 0.3) is 0 Å². The van der Waals surface area contributed by atoms with Crippen molar-refractivity contribution in [2.24, 2.45) is 0 Å². The quantitative estimate of drug-likeness (QED) is 0.775. The van der Waals surface area contributed by atoms with Crippen molar-refractivity contribution in [3.8, 4) is 0 Å². The van der Waals surface area contributed by atoms with Gasteiger partial charge in [-0.15, -0.1) is 0 Å². The molecule has 0 unspecified atom stereocenters. The lowest BCUT2D eigenvalue weighted by Crippen LogP contribution is -2.60. The van der Waals surface area contributed by atoms with Gasteiger partial charge in [0, 0.05) is 13.1 Å². The second-order valence-electron chi connectivity index (χ2n) is 5.20. The maximum atomic E-state index is 3.62. The fourth-order valence-electron chi connectivity index (χ4n) is 3.17. The summed E-state index contributed by atoms with van der Waals surface area (Å²) in [4.78, 5) is 2.61. The molecule has 0 amide bonds. The van der Waals surface area contributed by atoms with E-state index in [4.69, 9.17) is 0 Å². The Bertz CT molecular complexity index is 407. The highest BCUT2D eigenvalue weighted by Gasteiger charge is 2.44. The van der Waals surface area contributed by atoms with Crippen molar-refractivity contribution in [1.29, 1.82) is 0 Å². The minimum absolute atomic E-state index is 0.428. The zero-order valence-electron chi connectivity index (χ0n) is 10.2. The number of aryl methyl sites for hydroxylation is 1. The molecule has 86 valence electrons. The van der Waals surface area contributed by atoms with Crippen molar-refractivity contribution >= 4 is 11.4 Å². The summed E-state index contributed by atoms with van der Waals surface area (Å²) in [6, 6.07) is 6.77. The molecule has 1 aromatic rings. The molecule has 1 N–H and O–H groups in total. The van der Waals surface area contributed by atoms with Crippen LogP contribution >= 0.6 is 0 Å². The smallest absolute Gasteiger partial charge is 0.0607 e. The number of hydrogen-bond donors (Lipinski definition) is 1. The number of benzene rings is 1. The Morgan fingerprint density at radius 2 is 2.19 bits per heavy atom. The number of nitrogens with zero attached hydrogens (tertiary/aromatic N) is 1. The molecule has 0 aromatic heterocycles. The Kier molecular flexibility index (Phi) is 2.13. The zero-order chi connectivity index (χ0) is 11.2. The summed E-state index contributed by atoms with van der Waals surface area (Å²) in [7, 11) is 0. The van der Waals surface area contributed by atoms with Crippen LogP contribution in [0.25, 0.3) is 0 Å². The van der Waals surface area contributed by atoms with Crippen LogP contribution in [0.2, 0.25) is 0 Å². The standard InChI is InChI=1S/C14H20N2/c1-3-16-13-6-5-11(2)9-12(13)15-10-14(16)7-4-8-14/h5-6,9,15H,3-4,7-8,10H2,1-2H3. The van der Waals surface area contributed by atoms with Crippen molar-refractivity contribution in [2.75, 3.05) is 23.3 Å². The molecule has 2 heteroatoms. The van der Waals surface area contributed by atoms with E-state index in [9.17, 15) is 0 Å². The van der Waals surface area contributed by atoms with E-state index in [0.717, 1.165) is 13.1 Å². The van der Waals surface area contributed by atoms with Gasteiger partial charge in [0.2, 0.25) is 0 Å². The minimum atomic E-state index is 0.428. The van der Waals surface area contributed by atoms with Crippen LogP contribution in [-0.2, 0) is 0 Å². The van der Waals surface area contributed by atoms with Crippen molar-refractivity contribution in [2.45, 2.75) is 38.6 Å². The first-order chi connectivity index (χ1) is 7.75. The Hall–Kier alpha value is -1.18. The Labute approximate surface area is 97.6 Å². The van der Waals surface area contributed by atoms with Crippen LogP contribution < -0.4 is 10.2 Å². The van der Waals surface area contributed by atoms with E-state index in [1.54, 1.807) is 0 Å². The normalized spacial score (nSPS) is 21.2. The molecule has 1 aromatic carbocycles. The summed E-state index contributed by atoms with van der Waals surface area (Å²) in [6.07, 6.45) is 4.09. The topological polar surface area (TPSA) is 15.3 Å². The third-order valence-corrected chi connectivity index (χ3v) is 4.22. The van der Waals surface area contributed by atoms with Gasteiger partial charge in [-0.1, -0.05) is 6.07 Å². The van der Waals surface area contributed by atoms with Gasteiger partial charge >= 0.3 is 0 Å². The van der Waals surface area contributed by atoms with Gasteiger partial charge < -0.3 is 10.2 Å². The van der Waals surface area contributed by atoms with Gasteiger partial charge in [-0.3, -0.25) is 0 Å². The van der Waals surface area contributed by atoms with Gasteiger partial charge in [-0.05, 0) is 50.8 Å². The number of likely N-dealkylation sites (N-methyl/N-ethyl adjacent to an activating group) is 1. The highest BCUT2D eigenvalue weighted by atomic mass is 15.3. The SMILES string of the molecule is CCN1c2ccc(C)cc2NCC12CCC2. The molecule has 0 bridgehead atoms. The van der Waals surface area contributed by atoms with E-state index in [2.05, 4.69) is 42.3 Å². The van der Waals surface area contributed by atoms with E-state index in [1.807, 2.05) is 0 Å². The molecule has 0 radical (unpaired) electrons. The van der Waals surface area contributed by atoms with E-state index in [-0.39, 0.29) is 0 Å². The first-order valence-electron chi connectivity index (χ1n) is 6.37. The van der Waals surface area contributed by atoms with Crippen molar-refractivity contribution in [3.63, 3.8) is 0 Å². The largest absolute Gasteiger partial charge is 0.381 e. The van der Waals surface area contributed by atoms with E-state index in [0.29, 0.717) is 5.54 Å². The second kappa shape index (κ2) is 3.41. The third-order valence-electron chi connectivity index (χ3n) is 4.22. The van der Waals surface area contributed by atoms with E-state index in [1.165, 1.54) is 36.2 Å². The number of nitrogens with one attached hydrogen (secondary N) is 1. The molecule has 1 spiro atoms. The summed E-state index contributed by atoms with van der Waals surface area (Å²) in [5.41, 5.74) is 4.49. The maximum Gasteiger partial charge on any atom is 0.0607 e. The van der Waals surface area contributed by atoms with Crippen LogP contribution in [0.5, 0.6) is 0 Å². The summed E-state index contributed by atoms with van der Waals surface area (Å²) >= 11 is 0. The Morgan fingerprint density at radius 3 is 2.81 bits per heavy atom. The molecule has 1 heterocycles.